The summed E-state index contributed by atoms with van der Waals surface area (Å²) in [6.07, 6.45) is 1.91. The Morgan fingerprint density at radius 3 is 2.05 bits per heavy atom. The van der Waals surface area contributed by atoms with Gasteiger partial charge in [0.2, 0.25) is 0 Å². The van der Waals surface area contributed by atoms with Crippen LogP contribution in [-0.4, -0.2) is 10.2 Å². The van der Waals surface area contributed by atoms with E-state index < -0.39 is 0 Å². The van der Waals surface area contributed by atoms with Crippen LogP contribution in [0.5, 0.6) is 0 Å². The van der Waals surface area contributed by atoms with Gasteiger partial charge < -0.3 is 0 Å². The maximum Gasteiger partial charge on any atom is 0.0743 e. The van der Waals surface area contributed by atoms with E-state index in [-0.39, 0.29) is 0 Å². The second-order valence-corrected chi connectivity index (χ2v) is 9.45. The largest absolute Gasteiger partial charge is 0.277 e. The van der Waals surface area contributed by atoms with Crippen LogP contribution in [0.15, 0.2) is 50.2 Å². The van der Waals surface area contributed by atoms with Crippen LogP contribution < -0.4 is 0 Å². The highest BCUT2D eigenvalue weighted by atomic mass is 79.9. The Labute approximate surface area is 146 Å². The predicted octanol–water partition coefficient (Wildman–Crippen LogP) is 6.54. The van der Waals surface area contributed by atoms with Crippen molar-refractivity contribution >= 4 is 65.4 Å². The van der Waals surface area contributed by atoms with Gasteiger partial charge in [0.15, 0.2) is 0 Å². The van der Waals surface area contributed by atoms with Crippen LogP contribution in [0.25, 0.3) is 31.8 Å². The Kier molecular flexibility index (Phi) is 3.49. The molecular weight excluding hydrogens is 432 g/mol. The van der Waals surface area contributed by atoms with Crippen LogP contribution in [0.3, 0.4) is 0 Å². The molecule has 1 N–H and O–H groups in total. The lowest BCUT2D eigenvalue weighted by Gasteiger charge is -2.04. The normalized spacial score (nSPS) is 11.3. The van der Waals surface area contributed by atoms with E-state index in [1.807, 2.05) is 6.20 Å². The first-order valence-corrected chi connectivity index (χ1v) is 9.42. The predicted molar refractivity (Wildman–Crippen MR) is 98.1 cm³/mol. The summed E-state index contributed by atoms with van der Waals surface area (Å²) in [5, 5.41) is 8.55. The summed E-state index contributed by atoms with van der Waals surface area (Å²) in [6, 6.07) is 12.8. The van der Waals surface area contributed by atoms with Gasteiger partial charge in [-0.3, -0.25) is 5.10 Å². The summed E-state index contributed by atoms with van der Waals surface area (Å²) in [5.41, 5.74) is 3.50. The topological polar surface area (TPSA) is 28.7 Å². The molecule has 6 heteroatoms. The molecule has 0 atom stereocenters. The van der Waals surface area contributed by atoms with Crippen LogP contribution >= 0.6 is 54.5 Å². The number of nitrogens with one attached hydrogen (secondary N) is 1. The molecule has 0 spiro atoms. The molecule has 4 rings (SSSR count). The van der Waals surface area contributed by atoms with Crippen molar-refractivity contribution in [2.45, 2.75) is 0 Å². The second-order valence-electron chi connectivity index (χ2n) is 4.53. The second kappa shape index (κ2) is 5.35. The third kappa shape index (κ3) is 2.40. The number of nitrogens with zero attached hydrogens (tertiary/aromatic N) is 1. The Balaban J connectivity index is 1.96. The van der Waals surface area contributed by atoms with Crippen LogP contribution in [-0.2, 0) is 0 Å². The third-order valence-electron chi connectivity index (χ3n) is 3.29. The fourth-order valence-corrected chi connectivity index (χ4v) is 5.22. The lowest BCUT2D eigenvalue weighted by atomic mass is 10.0. The molecular formula is C15H8Br2N2S2. The molecule has 0 aliphatic carbocycles. The highest BCUT2D eigenvalue weighted by Crippen LogP contribution is 2.40. The average Bonchev–Trinajstić information content (AvgIpc) is 3.18. The maximum atomic E-state index is 4.25. The van der Waals surface area contributed by atoms with Crippen molar-refractivity contribution in [1.82, 2.24) is 10.2 Å². The zero-order chi connectivity index (χ0) is 14.4. The van der Waals surface area contributed by atoms with E-state index in [1.165, 1.54) is 20.9 Å². The lowest BCUT2D eigenvalue weighted by molar-refractivity contribution is 1.12. The van der Waals surface area contributed by atoms with E-state index in [1.54, 1.807) is 22.7 Å². The average molecular weight is 440 g/mol. The minimum absolute atomic E-state index is 1.09. The minimum atomic E-state index is 1.09. The number of H-pyrrole nitrogens is 1. The van der Waals surface area contributed by atoms with Gasteiger partial charge in [-0.25, -0.2) is 0 Å². The molecule has 0 aliphatic rings. The molecule has 1 aromatic carbocycles. The summed E-state index contributed by atoms with van der Waals surface area (Å²) in [5.74, 6) is 0. The Morgan fingerprint density at radius 2 is 1.43 bits per heavy atom. The first kappa shape index (κ1) is 13.7. The molecule has 0 radical (unpaired) electrons. The summed E-state index contributed by atoms with van der Waals surface area (Å²) in [7, 11) is 0. The third-order valence-corrected chi connectivity index (χ3v) is 6.61. The van der Waals surface area contributed by atoms with Gasteiger partial charge >= 0.3 is 0 Å². The van der Waals surface area contributed by atoms with Crippen molar-refractivity contribution in [2.24, 2.45) is 0 Å². The summed E-state index contributed by atoms with van der Waals surface area (Å²) < 4.78 is 2.27. The fourth-order valence-electron chi connectivity index (χ4n) is 2.37. The Hall–Kier alpha value is -0.950. The van der Waals surface area contributed by atoms with E-state index in [4.69, 9.17) is 0 Å². The van der Waals surface area contributed by atoms with Gasteiger partial charge in [-0.15, -0.1) is 22.7 Å². The van der Waals surface area contributed by atoms with Gasteiger partial charge in [0, 0.05) is 26.3 Å². The van der Waals surface area contributed by atoms with Crippen LogP contribution in [0, 0.1) is 0 Å². The number of hydrogen-bond acceptors (Lipinski definition) is 3. The number of benzene rings is 1. The Morgan fingerprint density at radius 1 is 0.810 bits per heavy atom. The van der Waals surface area contributed by atoms with E-state index in [2.05, 4.69) is 78.5 Å². The standard InChI is InChI=1S/C15H8Br2N2S2/c16-13-5-3-11(20-13)8-1-2-9(12-4-6-14(17)21-12)15-10(8)7-18-19-15/h1-7H,(H,18,19). The summed E-state index contributed by atoms with van der Waals surface area (Å²) in [6.45, 7) is 0. The summed E-state index contributed by atoms with van der Waals surface area (Å²) in [4.78, 5) is 2.47. The molecule has 0 saturated heterocycles. The molecule has 104 valence electrons. The van der Waals surface area contributed by atoms with Crippen molar-refractivity contribution in [3.8, 4) is 20.9 Å². The molecule has 0 fully saturated rings. The number of hydrogen-bond donors (Lipinski definition) is 1. The summed E-state index contributed by atoms with van der Waals surface area (Å²) >= 11 is 10.5. The zero-order valence-electron chi connectivity index (χ0n) is 10.6. The molecule has 3 aromatic heterocycles. The quantitative estimate of drug-likeness (QED) is 0.377. The van der Waals surface area contributed by atoms with Gasteiger partial charge in [0.1, 0.15) is 0 Å². The highest BCUT2D eigenvalue weighted by Gasteiger charge is 2.13. The van der Waals surface area contributed by atoms with Crippen molar-refractivity contribution in [3.63, 3.8) is 0 Å². The number of fused-ring (bicyclic) bond motifs is 1. The Bertz CT molecular complexity index is 862. The minimum Gasteiger partial charge on any atom is -0.277 e. The van der Waals surface area contributed by atoms with Crippen LogP contribution in [0.4, 0.5) is 0 Å². The van der Waals surface area contributed by atoms with Gasteiger partial charge in [0.05, 0.1) is 19.3 Å². The van der Waals surface area contributed by atoms with E-state index >= 15 is 0 Å². The first-order chi connectivity index (χ1) is 10.2. The lowest BCUT2D eigenvalue weighted by Crippen LogP contribution is -1.80. The molecule has 0 aliphatic heterocycles. The highest BCUT2D eigenvalue weighted by molar-refractivity contribution is 9.11. The number of rotatable bonds is 2. The number of thiophene rings is 2. The van der Waals surface area contributed by atoms with E-state index in [9.17, 15) is 0 Å². The SMILES string of the molecule is Brc1ccc(-c2ccc(-c3ccc(Br)s3)c3[nH]ncc23)s1. The molecule has 0 saturated carbocycles. The van der Waals surface area contributed by atoms with Crippen molar-refractivity contribution < 1.29 is 0 Å². The molecule has 0 unspecified atom stereocenters. The molecule has 0 amide bonds. The van der Waals surface area contributed by atoms with E-state index in [0.29, 0.717) is 0 Å². The first-order valence-electron chi connectivity index (χ1n) is 6.20. The number of aromatic nitrogens is 2. The molecule has 3 heterocycles. The van der Waals surface area contributed by atoms with Crippen molar-refractivity contribution in [1.29, 1.82) is 0 Å². The smallest absolute Gasteiger partial charge is 0.0743 e. The molecule has 0 bridgehead atoms. The zero-order valence-corrected chi connectivity index (χ0v) is 15.4. The molecule has 2 nitrogen and oxygen atoms in total. The van der Waals surface area contributed by atoms with E-state index in [0.717, 1.165) is 18.5 Å². The monoisotopic (exact) mass is 438 g/mol. The van der Waals surface area contributed by atoms with Crippen LogP contribution in [0.2, 0.25) is 0 Å². The molecule has 21 heavy (non-hydrogen) atoms. The van der Waals surface area contributed by atoms with Gasteiger partial charge in [-0.05, 0) is 56.1 Å². The van der Waals surface area contributed by atoms with Gasteiger partial charge in [0.25, 0.3) is 0 Å². The van der Waals surface area contributed by atoms with Gasteiger partial charge in [-0.1, -0.05) is 12.1 Å². The number of halogens is 2. The maximum absolute atomic E-state index is 4.25. The molecule has 4 aromatic rings. The number of aromatic amines is 1. The fraction of sp³-hybridized carbons (Fsp3) is 0. The van der Waals surface area contributed by atoms with Crippen LogP contribution in [0.1, 0.15) is 0 Å². The van der Waals surface area contributed by atoms with Gasteiger partial charge in [-0.2, -0.15) is 5.10 Å². The van der Waals surface area contributed by atoms with Crippen molar-refractivity contribution in [3.05, 3.63) is 50.2 Å². The van der Waals surface area contributed by atoms with Crippen molar-refractivity contribution in [2.75, 3.05) is 0 Å².